The van der Waals surface area contributed by atoms with Crippen molar-refractivity contribution >= 4 is 143 Å². The molecule has 746 valence electrons. The molecule has 0 spiro atoms. The maximum atomic E-state index is 6.45. The predicted octanol–water partition coefficient (Wildman–Crippen LogP) is 33.1. The van der Waals surface area contributed by atoms with Gasteiger partial charge < -0.3 is 36.3 Å². The Labute approximate surface area is 864 Å². The smallest absolute Gasteiger partial charge is 0.139 e. The van der Waals surface area contributed by atoms with E-state index in [9.17, 15) is 0 Å². The van der Waals surface area contributed by atoms with Crippen LogP contribution >= 0.6 is 0 Å². The molecule has 12 bridgehead atoms. The van der Waals surface area contributed by atoms with Crippen molar-refractivity contribution in [2.24, 2.45) is 28.6 Å². The van der Waals surface area contributed by atoms with Crippen LogP contribution in [0.5, 0.6) is 0 Å². The lowest BCUT2D eigenvalue weighted by Crippen LogP contribution is -2.45. The molecule has 18 heterocycles. The molecule has 147 heavy (non-hydrogen) atoms. The zero-order valence-corrected chi connectivity index (χ0v) is 89.1. The summed E-state index contributed by atoms with van der Waals surface area (Å²) in [6.07, 6.45) is 3.95. The number of benzene rings is 14. The maximum absolute atomic E-state index is 6.45. The molecule has 10 saturated heterocycles. The van der Waals surface area contributed by atoms with Crippen LogP contribution in [0.15, 0.2) is 293 Å². The molecule has 32 rings (SSSR count). The fourth-order valence-electron chi connectivity index (χ4n) is 33.4. The lowest BCUT2D eigenvalue weighted by atomic mass is 9.63. The van der Waals surface area contributed by atoms with Crippen LogP contribution in [0, 0.1) is 70.1 Å². The Hall–Kier alpha value is -12.7. The van der Waals surface area contributed by atoms with E-state index in [4.69, 9.17) is 26.5 Å². The summed E-state index contributed by atoms with van der Waals surface area (Å²) in [5.41, 5.74) is 36.5. The molecular weight excluding hydrogens is 1800 g/mol. The average Bonchev–Trinajstić information content (AvgIpc) is 1.53. The Morgan fingerprint density at radius 2 is 0.680 bits per heavy atom. The highest BCUT2D eigenvalue weighted by molar-refractivity contribution is 6.11. The molecule has 0 aliphatic carbocycles. The molecule has 12 aliphatic rings. The molecule has 0 amide bonds. The fourth-order valence-corrected chi connectivity index (χ4v) is 33.4. The fraction of sp³-hybridized carbons (Fsp3) is 0.378. The van der Waals surface area contributed by atoms with Gasteiger partial charge >= 0.3 is 0 Å². The van der Waals surface area contributed by atoms with Crippen molar-refractivity contribution < 1.29 is 26.5 Å². The predicted molar refractivity (Wildman–Crippen MR) is 608 cm³/mol. The Kier molecular flexibility index (Phi) is 21.6. The summed E-state index contributed by atoms with van der Waals surface area (Å²) in [6.45, 7) is 54.7. The van der Waals surface area contributed by atoms with Crippen molar-refractivity contribution in [3.05, 3.63) is 345 Å². The van der Waals surface area contributed by atoms with Gasteiger partial charge in [-0.25, -0.2) is 0 Å². The molecule has 18 unspecified atom stereocenters. The van der Waals surface area contributed by atoms with Crippen LogP contribution in [-0.2, 0) is 5.41 Å². The van der Waals surface area contributed by atoms with E-state index in [0.29, 0.717) is 112 Å². The number of para-hydroxylation sites is 8. The maximum Gasteiger partial charge on any atom is 0.139 e. The number of fused-ring (bicyclic) bond motifs is 36. The summed E-state index contributed by atoms with van der Waals surface area (Å²) in [5.74, 6) is 5.97. The summed E-state index contributed by atoms with van der Waals surface area (Å²) in [6, 6.07) is 99.5. The van der Waals surface area contributed by atoms with Crippen LogP contribution in [0.4, 0.5) is 11.4 Å². The minimum atomic E-state index is 0.119. The minimum absolute atomic E-state index is 0.119. The van der Waals surface area contributed by atoms with Gasteiger partial charge in [-0.1, -0.05) is 246 Å². The van der Waals surface area contributed by atoms with Gasteiger partial charge in [-0.15, -0.1) is 0 Å². The molecule has 0 radical (unpaired) electrons. The Morgan fingerprint density at radius 3 is 1.10 bits per heavy atom. The van der Waals surface area contributed by atoms with E-state index in [2.05, 4.69) is 428 Å². The SMILES string of the molecule is Cc1ccc2c(oc3ccccc32)c1C1C2CCN(C2)[C@@H]1C.Cc1ccc2c(oc3ccccc32)c1C1C2CCN([C@@H]1C)C2(C)C.Cc1ccc2c(oc3ccccc32)c1C1C2CN(c3ccccc32)[C@@H]1C.Cc1ccc2c(oc3ccccc32)c1C1[C@@H](C)N2CC1(C)C(C)C2C.Cc1ccc2c(oc3ccccc32)c1C1[C@@H](C)N2CC1(C)c1ccccc12.Cc1ccc2c(oc3ccccc32)c1C1[C@@H](C)N2CCC1(C)C2. The van der Waals surface area contributed by atoms with Gasteiger partial charge in [0.2, 0.25) is 0 Å². The first-order valence-electron chi connectivity index (χ1n) is 55.3. The summed E-state index contributed by atoms with van der Waals surface area (Å²) in [7, 11) is 0. The van der Waals surface area contributed by atoms with Gasteiger partial charge in [0.05, 0.1) is 0 Å². The summed E-state index contributed by atoms with van der Waals surface area (Å²) >= 11 is 0. The third-order valence-electron chi connectivity index (χ3n) is 40.7. The van der Waals surface area contributed by atoms with Crippen LogP contribution in [0.25, 0.3) is 132 Å². The second-order valence-corrected chi connectivity index (χ2v) is 48.3. The summed E-state index contributed by atoms with van der Waals surface area (Å²) < 4.78 is 38.3. The molecule has 20 aromatic rings. The molecular formula is C135H140N6O6. The van der Waals surface area contributed by atoms with Gasteiger partial charge in [0.25, 0.3) is 0 Å². The monoisotopic (exact) mass is 1940 g/mol. The molecule has 0 N–H and O–H groups in total. The highest BCUT2D eigenvalue weighted by Crippen LogP contribution is 2.65. The van der Waals surface area contributed by atoms with Crippen molar-refractivity contribution in [2.75, 3.05) is 62.2 Å². The van der Waals surface area contributed by atoms with Crippen molar-refractivity contribution in [3.8, 4) is 0 Å². The molecule has 12 nitrogen and oxygen atoms in total. The first-order valence-corrected chi connectivity index (χ1v) is 55.3. The lowest BCUT2D eigenvalue weighted by Gasteiger charge is -2.44. The lowest BCUT2D eigenvalue weighted by molar-refractivity contribution is 0.112. The number of piperidine rings is 4. The van der Waals surface area contributed by atoms with Crippen LogP contribution in [0.2, 0.25) is 0 Å². The molecule has 24 atom stereocenters. The van der Waals surface area contributed by atoms with E-state index in [1.807, 2.05) is 0 Å². The molecule has 12 heteroatoms. The first-order chi connectivity index (χ1) is 71.1. The van der Waals surface area contributed by atoms with E-state index in [0.717, 1.165) is 86.0 Å². The molecule has 14 aromatic carbocycles. The van der Waals surface area contributed by atoms with Gasteiger partial charge in [-0.2, -0.15) is 0 Å². The van der Waals surface area contributed by atoms with Crippen molar-refractivity contribution in [1.82, 2.24) is 19.6 Å². The highest BCUT2D eigenvalue weighted by Gasteiger charge is 2.63. The standard InChI is InChI=1S/C25H23NO.C24H21NO.C23H27NO.C22H25NO.C21H23NO.C20H21NO/c1-15-12-13-18-17-8-4-7-11-21(17)27-24(18)22(15)23-16(2)26-14-25(23,3)19-9-5-6-10-20(19)26;1-14-11-12-18-17-8-4-6-10-21(17)26-24(18)22(14)23-15(2)25-13-19(23)16-7-3-5-9-20(16)25;1-13-10-11-18-17-8-6-7-9-19(17)25-22(18)20(13)21-16(4)24-12-23(21,5)14(2)15(24)3;1-13-9-10-16-15-7-5-6-8-18(15)24-21(16)19(13)20-14(2)23-12-11-17(20)22(23,3)4;1-13-8-9-16-15-6-4-5-7-17(15)23-20(16)18(13)19-14(2)22-11-10-21(19,3)12-22;1-12-7-8-16-15-5-3-4-6-17(15)22-20(16)18(12)19-13(2)21-10-9-14(19)11-21/h4-13,16,23H,14H2,1-3H3;3-12,15,19,23H,13H2,1-2H3;6-11,14-16,21H,12H2,1-5H3;5-10,14,17,20H,11-12H2,1-4H3;4-9,14,19H,10-12H2,1-3H3;3-8,13-14,19H,9-11H2,1-2H3/t16-,23?,25?;15-,19?,23?;14?,15?,16-,21?,23?;14-,17?,20?;14-,19?,21?;13-,14?,19?/m111111/s1. The Balaban J connectivity index is 0.0000000874. The number of nitrogens with zero attached hydrogens (tertiary/aromatic N) is 6. The van der Waals surface area contributed by atoms with Gasteiger partial charge in [0.15, 0.2) is 0 Å². The minimum Gasteiger partial charge on any atom is -0.456 e. The first kappa shape index (κ1) is 92.9. The van der Waals surface area contributed by atoms with Crippen LogP contribution < -0.4 is 9.80 Å². The number of rotatable bonds is 6. The van der Waals surface area contributed by atoms with Gasteiger partial charge in [-0.05, 0) is 264 Å². The van der Waals surface area contributed by atoms with Crippen LogP contribution in [0.1, 0.15) is 229 Å². The zero-order chi connectivity index (χ0) is 101. The number of aryl methyl sites for hydroxylation is 6. The molecule has 10 fully saturated rings. The average molecular weight is 1940 g/mol. The highest BCUT2D eigenvalue weighted by atomic mass is 16.4. The third kappa shape index (κ3) is 13.7. The van der Waals surface area contributed by atoms with E-state index in [1.54, 1.807) is 0 Å². The van der Waals surface area contributed by atoms with Crippen molar-refractivity contribution in [2.45, 2.75) is 245 Å². The zero-order valence-electron chi connectivity index (χ0n) is 89.1. The van der Waals surface area contributed by atoms with Gasteiger partial charge in [0.1, 0.15) is 67.0 Å². The van der Waals surface area contributed by atoms with Gasteiger partial charge in [0, 0.05) is 237 Å². The van der Waals surface area contributed by atoms with E-state index in [-0.39, 0.29) is 5.41 Å². The van der Waals surface area contributed by atoms with E-state index in [1.165, 1.54) is 212 Å². The number of hydrogen-bond acceptors (Lipinski definition) is 12. The number of furan rings is 6. The second kappa shape index (κ2) is 34.2. The van der Waals surface area contributed by atoms with Crippen LogP contribution in [-0.4, -0.2) is 120 Å². The topological polar surface area (TPSA) is 98.3 Å². The normalized spacial score (nSPS) is 30.3. The summed E-state index contributed by atoms with van der Waals surface area (Å²) in [5, 5.41) is 15.0. The largest absolute Gasteiger partial charge is 0.456 e. The number of anilines is 2. The van der Waals surface area contributed by atoms with Crippen LogP contribution in [0.3, 0.4) is 0 Å². The molecule has 12 aliphatic heterocycles. The molecule has 6 aromatic heterocycles. The number of hydrogen-bond donors (Lipinski definition) is 0. The third-order valence-corrected chi connectivity index (χ3v) is 40.7. The molecule has 0 saturated carbocycles. The Bertz CT molecular complexity index is 8710. The van der Waals surface area contributed by atoms with E-state index < -0.39 is 0 Å². The van der Waals surface area contributed by atoms with Gasteiger partial charge in [-0.3, -0.25) is 19.6 Å². The van der Waals surface area contributed by atoms with Crippen molar-refractivity contribution in [3.63, 3.8) is 0 Å². The van der Waals surface area contributed by atoms with E-state index >= 15 is 0 Å². The second-order valence-electron chi connectivity index (χ2n) is 48.3. The van der Waals surface area contributed by atoms with Crippen molar-refractivity contribution in [1.29, 1.82) is 0 Å². The Morgan fingerprint density at radius 1 is 0.286 bits per heavy atom. The quantitative estimate of drug-likeness (QED) is 0.159. The summed E-state index contributed by atoms with van der Waals surface area (Å²) in [4.78, 5) is 15.9.